The average Bonchev–Trinajstić information content (AvgIpc) is 3.09. The van der Waals surface area contributed by atoms with Crippen LogP contribution in [0.15, 0.2) is 95.9 Å². The molecule has 3 aromatic rings. The van der Waals surface area contributed by atoms with Crippen LogP contribution in [0, 0.1) is 16.7 Å². The Morgan fingerprint density at radius 1 is 0.710 bits per heavy atom. The van der Waals surface area contributed by atoms with Gasteiger partial charge in [0.2, 0.25) is 0 Å². The molecule has 4 unspecified atom stereocenters. The Balaban J connectivity index is 1.79. The van der Waals surface area contributed by atoms with Crippen LogP contribution in [0.4, 0.5) is 0 Å². The number of hydrogen-bond acceptors (Lipinski definition) is 3. The molecule has 0 aliphatic heterocycles. The number of aldehydes is 1. The summed E-state index contributed by atoms with van der Waals surface area (Å²) in [7, 11) is 0. The third-order valence-electron chi connectivity index (χ3n) is 7.07. The van der Waals surface area contributed by atoms with Gasteiger partial charge in [0.15, 0.2) is 5.78 Å². The van der Waals surface area contributed by atoms with E-state index >= 15 is 0 Å². The number of hydrogen-bond donors (Lipinski definition) is 0. The predicted molar refractivity (Wildman–Crippen MR) is 127 cm³/mol. The van der Waals surface area contributed by atoms with Crippen LogP contribution in [-0.2, 0) is 9.59 Å². The minimum absolute atomic E-state index is 0.156. The lowest BCUT2D eigenvalue weighted by Gasteiger charge is -2.39. The zero-order valence-corrected chi connectivity index (χ0v) is 18.4. The molecular formula is C28H24O2S. The van der Waals surface area contributed by atoms with Crippen molar-refractivity contribution in [2.45, 2.75) is 24.0 Å². The van der Waals surface area contributed by atoms with Gasteiger partial charge in [-0.1, -0.05) is 78.9 Å². The van der Waals surface area contributed by atoms with Gasteiger partial charge in [0.1, 0.15) is 6.29 Å². The van der Waals surface area contributed by atoms with Crippen molar-refractivity contribution in [3.8, 4) is 0 Å². The zero-order chi connectivity index (χ0) is 21.6. The highest BCUT2D eigenvalue weighted by Gasteiger charge is 2.72. The summed E-state index contributed by atoms with van der Waals surface area (Å²) in [5, 5.41) is -0.160. The smallest absolute Gasteiger partial charge is 0.155 e. The average molecular weight is 425 g/mol. The topological polar surface area (TPSA) is 34.1 Å². The summed E-state index contributed by atoms with van der Waals surface area (Å²) in [5.41, 5.74) is 2.55. The Labute approximate surface area is 187 Å². The third-order valence-corrected chi connectivity index (χ3v) is 8.63. The minimum Gasteiger partial charge on any atom is -0.303 e. The lowest BCUT2D eigenvalue weighted by Crippen LogP contribution is -2.37. The number of thioether (sulfide) groups is 1. The Bertz CT molecular complexity index is 1170. The summed E-state index contributed by atoms with van der Waals surface area (Å²) < 4.78 is 0. The molecule has 0 aromatic heterocycles. The van der Waals surface area contributed by atoms with Gasteiger partial charge in [0.05, 0.1) is 10.8 Å². The van der Waals surface area contributed by atoms with E-state index in [2.05, 4.69) is 43.3 Å². The lowest BCUT2D eigenvalue weighted by atomic mass is 9.67. The van der Waals surface area contributed by atoms with E-state index in [9.17, 15) is 9.59 Å². The van der Waals surface area contributed by atoms with Gasteiger partial charge in [-0.2, -0.15) is 0 Å². The van der Waals surface area contributed by atoms with Crippen LogP contribution in [0.25, 0.3) is 11.1 Å². The standard InChI is InChI=1S/C28H24O2S/c1-27-22(18-29)25(31-21-16-10-5-11-17-21)28(2,26(27)30)24(20-14-8-4-9-15-20)23(27)19-12-6-3-7-13-19/h3-18,22,25H,1-2H3. The van der Waals surface area contributed by atoms with E-state index in [0.717, 1.165) is 33.5 Å². The van der Waals surface area contributed by atoms with Crippen molar-refractivity contribution in [2.75, 3.05) is 0 Å². The van der Waals surface area contributed by atoms with Crippen LogP contribution in [0.3, 0.4) is 0 Å². The highest BCUT2D eigenvalue weighted by Crippen LogP contribution is 2.71. The summed E-state index contributed by atoms with van der Waals surface area (Å²) in [6.45, 7) is 4.03. The highest BCUT2D eigenvalue weighted by atomic mass is 32.2. The first-order chi connectivity index (χ1) is 15.0. The maximum atomic E-state index is 14.1. The lowest BCUT2D eigenvalue weighted by molar-refractivity contribution is -0.128. The largest absolute Gasteiger partial charge is 0.303 e. The Hall–Kier alpha value is -2.91. The molecule has 2 nitrogen and oxygen atoms in total. The van der Waals surface area contributed by atoms with E-state index in [4.69, 9.17) is 0 Å². The molecule has 3 heteroatoms. The Morgan fingerprint density at radius 3 is 1.65 bits per heavy atom. The fraction of sp³-hybridized carbons (Fsp3) is 0.214. The zero-order valence-electron chi connectivity index (χ0n) is 17.6. The van der Waals surface area contributed by atoms with E-state index in [0.29, 0.717) is 0 Å². The quantitative estimate of drug-likeness (QED) is 0.459. The van der Waals surface area contributed by atoms with Gasteiger partial charge >= 0.3 is 0 Å². The van der Waals surface area contributed by atoms with E-state index in [-0.39, 0.29) is 11.0 Å². The number of ketones is 1. The number of rotatable bonds is 5. The van der Waals surface area contributed by atoms with Crippen molar-refractivity contribution in [2.24, 2.45) is 16.7 Å². The summed E-state index contributed by atoms with van der Waals surface area (Å²) in [4.78, 5) is 27.7. The number of allylic oxidation sites excluding steroid dienone is 2. The molecule has 2 aliphatic carbocycles. The second-order valence-corrected chi connectivity index (χ2v) is 9.94. The Kier molecular flexibility index (Phi) is 4.75. The second-order valence-electron chi connectivity index (χ2n) is 8.73. The molecule has 0 spiro atoms. The molecule has 0 saturated heterocycles. The van der Waals surface area contributed by atoms with Crippen LogP contribution in [0.5, 0.6) is 0 Å². The summed E-state index contributed by atoms with van der Waals surface area (Å²) in [5.74, 6) is -0.235. The molecular weight excluding hydrogens is 400 g/mol. The first kappa shape index (κ1) is 20.0. The number of Topliss-reactive ketones (excluding diaryl/α,β-unsaturated/α-hetero) is 1. The van der Waals surface area contributed by atoms with Crippen LogP contribution in [-0.4, -0.2) is 17.3 Å². The molecule has 2 aliphatic rings. The molecule has 154 valence electrons. The van der Waals surface area contributed by atoms with Crippen molar-refractivity contribution in [1.82, 2.24) is 0 Å². The number of fused-ring (bicyclic) bond motifs is 2. The molecule has 5 rings (SSSR count). The maximum Gasteiger partial charge on any atom is 0.155 e. The molecule has 0 amide bonds. The van der Waals surface area contributed by atoms with Gasteiger partial charge in [-0.3, -0.25) is 4.79 Å². The Morgan fingerprint density at radius 2 is 1.16 bits per heavy atom. The van der Waals surface area contributed by atoms with Crippen molar-refractivity contribution >= 4 is 35.0 Å². The predicted octanol–water partition coefficient (Wildman–Crippen LogP) is 6.18. The van der Waals surface area contributed by atoms with Crippen LogP contribution in [0.2, 0.25) is 0 Å². The molecule has 3 aromatic carbocycles. The van der Waals surface area contributed by atoms with Gasteiger partial charge in [-0.05, 0) is 48.3 Å². The normalized spacial score (nSPS) is 29.4. The SMILES string of the molecule is CC12C(=O)C(C)(C(c3ccccc3)=C1c1ccccc1)C(Sc1ccccc1)C2C=O. The molecule has 1 fully saturated rings. The van der Waals surface area contributed by atoms with Crippen molar-refractivity contribution < 1.29 is 9.59 Å². The van der Waals surface area contributed by atoms with Gasteiger partial charge in [-0.15, -0.1) is 11.8 Å². The summed E-state index contributed by atoms with van der Waals surface area (Å²) in [6.07, 6.45) is 1.02. The number of carbonyl (C=O) groups is 2. The van der Waals surface area contributed by atoms with E-state index in [1.807, 2.05) is 61.5 Å². The van der Waals surface area contributed by atoms with Gasteiger partial charge in [0.25, 0.3) is 0 Å². The monoisotopic (exact) mass is 424 g/mol. The van der Waals surface area contributed by atoms with Crippen molar-refractivity contribution in [1.29, 1.82) is 0 Å². The van der Waals surface area contributed by atoms with E-state index in [1.165, 1.54) is 0 Å². The second kappa shape index (κ2) is 7.35. The minimum atomic E-state index is -0.852. The molecule has 1 saturated carbocycles. The summed E-state index contributed by atoms with van der Waals surface area (Å²) in [6, 6.07) is 30.4. The van der Waals surface area contributed by atoms with Crippen molar-refractivity contribution in [3.63, 3.8) is 0 Å². The van der Waals surface area contributed by atoms with Crippen LogP contribution < -0.4 is 0 Å². The van der Waals surface area contributed by atoms with Gasteiger partial charge in [0, 0.05) is 16.1 Å². The molecule has 0 heterocycles. The fourth-order valence-electron chi connectivity index (χ4n) is 5.68. The first-order valence-electron chi connectivity index (χ1n) is 10.6. The van der Waals surface area contributed by atoms with E-state index in [1.54, 1.807) is 11.8 Å². The first-order valence-corrected chi connectivity index (χ1v) is 11.5. The third kappa shape index (κ3) is 2.73. The maximum absolute atomic E-state index is 14.1. The molecule has 0 N–H and O–H groups in total. The van der Waals surface area contributed by atoms with Crippen molar-refractivity contribution in [3.05, 3.63) is 102 Å². The van der Waals surface area contributed by atoms with E-state index < -0.39 is 16.7 Å². The van der Waals surface area contributed by atoms with Gasteiger partial charge < -0.3 is 4.79 Å². The number of carbonyl (C=O) groups excluding carboxylic acids is 2. The molecule has 2 bridgehead atoms. The highest BCUT2D eigenvalue weighted by molar-refractivity contribution is 8.00. The summed E-state index contributed by atoms with van der Waals surface area (Å²) >= 11 is 1.66. The molecule has 31 heavy (non-hydrogen) atoms. The molecule has 0 radical (unpaired) electrons. The van der Waals surface area contributed by atoms with Crippen LogP contribution in [0.1, 0.15) is 25.0 Å². The molecule has 4 atom stereocenters. The van der Waals surface area contributed by atoms with Crippen LogP contribution >= 0.6 is 11.8 Å². The number of benzene rings is 3. The fourth-order valence-corrected chi connectivity index (χ4v) is 7.23. The van der Waals surface area contributed by atoms with Gasteiger partial charge in [-0.25, -0.2) is 0 Å².